The third-order valence-corrected chi connectivity index (χ3v) is 6.68. The van der Waals surface area contributed by atoms with Gasteiger partial charge < -0.3 is 14.4 Å². The highest BCUT2D eigenvalue weighted by Crippen LogP contribution is 2.35. The number of carboxylic acids is 1. The van der Waals surface area contributed by atoms with Gasteiger partial charge in [0.25, 0.3) is 0 Å². The molecule has 1 N–H and O–H groups in total. The summed E-state index contributed by atoms with van der Waals surface area (Å²) in [5, 5.41) is 10.6. The number of rotatable bonds is 7. The number of nitrogens with zero attached hydrogens (tertiary/aromatic N) is 2. The lowest BCUT2D eigenvalue weighted by atomic mass is 10.1. The van der Waals surface area contributed by atoms with Crippen molar-refractivity contribution < 1.29 is 27.8 Å². The SMILES string of the molecule is Cc1sc(-c2ccc(C(F)(F)F)cc2)nc1[C@H](C)COc1ccc2c(CC(=O)O)cn(C)c2c1. The number of aliphatic carboxylic acids is 1. The molecular weight excluding hydrogens is 465 g/mol. The number of halogens is 3. The maximum absolute atomic E-state index is 12.8. The minimum absolute atomic E-state index is 0.0360. The molecule has 2 aromatic heterocycles. The highest BCUT2D eigenvalue weighted by atomic mass is 32.1. The molecule has 0 aliphatic heterocycles. The summed E-state index contributed by atoms with van der Waals surface area (Å²) in [7, 11) is 1.86. The molecule has 4 aromatic rings. The topological polar surface area (TPSA) is 64.3 Å². The molecule has 9 heteroatoms. The first-order valence-electron chi connectivity index (χ1n) is 10.6. The molecule has 0 aliphatic carbocycles. The molecule has 2 aromatic carbocycles. The van der Waals surface area contributed by atoms with Crippen molar-refractivity contribution in [2.75, 3.05) is 6.61 Å². The molecule has 0 saturated carbocycles. The van der Waals surface area contributed by atoms with Gasteiger partial charge in [0.2, 0.25) is 0 Å². The molecular formula is C25H23F3N2O3S. The lowest BCUT2D eigenvalue weighted by molar-refractivity contribution is -0.138. The van der Waals surface area contributed by atoms with Crippen molar-refractivity contribution in [3.05, 3.63) is 70.4 Å². The van der Waals surface area contributed by atoms with Crippen LogP contribution in [-0.4, -0.2) is 27.2 Å². The van der Waals surface area contributed by atoms with Gasteiger partial charge in [-0.05, 0) is 36.8 Å². The Bertz CT molecular complexity index is 1340. The van der Waals surface area contributed by atoms with Crippen LogP contribution >= 0.6 is 11.3 Å². The summed E-state index contributed by atoms with van der Waals surface area (Å²) in [5.41, 5.74) is 2.45. The van der Waals surface area contributed by atoms with Crippen LogP contribution in [0.25, 0.3) is 21.5 Å². The number of hydrogen-bond acceptors (Lipinski definition) is 4. The van der Waals surface area contributed by atoms with Gasteiger partial charge in [-0.15, -0.1) is 11.3 Å². The van der Waals surface area contributed by atoms with Gasteiger partial charge in [-0.2, -0.15) is 13.2 Å². The molecule has 0 saturated heterocycles. The molecule has 0 unspecified atom stereocenters. The summed E-state index contributed by atoms with van der Waals surface area (Å²) in [4.78, 5) is 16.8. The van der Waals surface area contributed by atoms with E-state index in [1.54, 1.807) is 0 Å². The van der Waals surface area contributed by atoms with E-state index in [0.29, 0.717) is 22.9 Å². The van der Waals surface area contributed by atoms with E-state index >= 15 is 0 Å². The molecule has 0 amide bonds. The van der Waals surface area contributed by atoms with E-state index < -0.39 is 17.7 Å². The first-order valence-corrected chi connectivity index (χ1v) is 11.4. The van der Waals surface area contributed by atoms with Gasteiger partial charge >= 0.3 is 12.1 Å². The smallest absolute Gasteiger partial charge is 0.416 e. The van der Waals surface area contributed by atoms with Gasteiger partial charge in [0.05, 0.1) is 29.8 Å². The average molecular weight is 489 g/mol. The molecule has 34 heavy (non-hydrogen) atoms. The van der Waals surface area contributed by atoms with Gasteiger partial charge in [0.1, 0.15) is 10.8 Å². The number of fused-ring (bicyclic) bond motifs is 1. The van der Waals surface area contributed by atoms with E-state index in [9.17, 15) is 18.0 Å². The van der Waals surface area contributed by atoms with Gasteiger partial charge in [0.15, 0.2) is 0 Å². The quantitative estimate of drug-likeness (QED) is 0.325. The van der Waals surface area contributed by atoms with E-state index in [4.69, 9.17) is 9.84 Å². The Hall–Kier alpha value is -3.33. The first-order chi connectivity index (χ1) is 16.0. The highest BCUT2D eigenvalue weighted by molar-refractivity contribution is 7.15. The normalized spacial score (nSPS) is 12.8. The molecule has 0 aliphatic rings. The third-order valence-electron chi connectivity index (χ3n) is 5.64. The number of alkyl halides is 3. The van der Waals surface area contributed by atoms with E-state index in [2.05, 4.69) is 4.98 Å². The van der Waals surface area contributed by atoms with Crippen LogP contribution in [0.4, 0.5) is 13.2 Å². The highest BCUT2D eigenvalue weighted by Gasteiger charge is 2.30. The molecule has 1 atom stereocenters. The summed E-state index contributed by atoms with van der Waals surface area (Å²) in [6, 6.07) is 10.6. The molecule has 2 heterocycles. The average Bonchev–Trinajstić information content (AvgIpc) is 3.31. The Morgan fingerprint density at radius 2 is 1.91 bits per heavy atom. The van der Waals surface area contributed by atoms with Crippen LogP contribution in [0.15, 0.2) is 48.7 Å². The van der Waals surface area contributed by atoms with Gasteiger partial charge in [0, 0.05) is 41.1 Å². The van der Waals surface area contributed by atoms with Crippen LogP contribution in [0.2, 0.25) is 0 Å². The standard InChI is InChI=1S/C25H23F3N2O3S/c1-14(13-33-19-8-9-20-17(10-22(31)32)12-30(3)21(20)11-19)23-15(2)34-24(29-23)16-4-6-18(7-5-16)25(26,27)28/h4-9,11-12,14H,10,13H2,1-3H3,(H,31,32)/t14-/m1/s1. The fourth-order valence-electron chi connectivity index (χ4n) is 3.93. The molecule has 0 fully saturated rings. The second-order valence-electron chi connectivity index (χ2n) is 8.26. The van der Waals surface area contributed by atoms with E-state index in [1.807, 2.05) is 49.9 Å². The number of thiazole rings is 1. The third kappa shape index (κ3) is 4.94. The van der Waals surface area contributed by atoms with Gasteiger partial charge in [-0.3, -0.25) is 4.79 Å². The summed E-state index contributed by atoms with van der Waals surface area (Å²) < 4.78 is 46.4. The number of hydrogen-bond donors (Lipinski definition) is 1. The van der Waals surface area contributed by atoms with E-state index in [0.717, 1.165) is 39.2 Å². The number of aryl methyl sites for hydroxylation is 2. The van der Waals surface area contributed by atoms with Crippen LogP contribution in [-0.2, 0) is 24.4 Å². The van der Waals surface area contributed by atoms with Crippen LogP contribution in [0.1, 0.15) is 34.5 Å². The lowest BCUT2D eigenvalue weighted by Crippen LogP contribution is -2.08. The Morgan fingerprint density at radius 1 is 1.21 bits per heavy atom. The Labute approximate surface area is 198 Å². The van der Waals surface area contributed by atoms with Crippen molar-refractivity contribution in [1.82, 2.24) is 9.55 Å². The Kier molecular flexibility index (Phi) is 6.40. The monoisotopic (exact) mass is 488 g/mol. The predicted octanol–water partition coefficient (Wildman–Crippen LogP) is 6.44. The maximum Gasteiger partial charge on any atom is 0.416 e. The van der Waals surface area contributed by atoms with Crippen LogP contribution in [0.3, 0.4) is 0 Å². The number of carbonyl (C=O) groups is 1. The fourth-order valence-corrected chi connectivity index (χ4v) is 4.97. The maximum atomic E-state index is 12.8. The number of aromatic nitrogens is 2. The summed E-state index contributed by atoms with van der Waals surface area (Å²) in [6.45, 7) is 4.30. The van der Waals surface area contributed by atoms with Crippen LogP contribution < -0.4 is 4.74 Å². The minimum Gasteiger partial charge on any atom is -0.493 e. The fraction of sp³-hybridized carbons (Fsp3) is 0.280. The molecule has 0 radical (unpaired) electrons. The van der Waals surface area contributed by atoms with Crippen molar-refractivity contribution in [3.8, 4) is 16.3 Å². The zero-order valence-electron chi connectivity index (χ0n) is 18.8. The molecule has 0 spiro atoms. The van der Waals surface area contributed by atoms with Crippen molar-refractivity contribution in [2.24, 2.45) is 7.05 Å². The zero-order chi connectivity index (χ0) is 24.6. The van der Waals surface area contributed by atoms with Crippen molar-refractivity contribution in [3.63, 3.8) is 0 Å². The van der Waals surface area contributed by atoms with Crippen LogP contribution in [0, 0.1) is 6.92 Å². The minimum atomic E-state index is -4.37. The second kappa shape index (κ2) is 9.13. The zero-order valence-corrected chi connectivity index (χ0v) is 19.6. The molecule has 178 valence electrons. The summed E-state index contributed by atoms with van der Waals surface area (Å²) in [5.74, 6) is -0.250. The first kappa shape index (κ1) is 23.8. The molecule has 4 rings (SSSR count). The largest absolute Gasteiger partial charge is 0.493 e. The van der Waals surface area contributed by atoms with E-state index in [1.165, 1.54) is 23.5 Å². The summed E-state index contributed by atoms with van der Waals surface area (Å²) in [6.07, 6.45) is -2.60. The summed E-state index contributed by atoms with van der Waals surface area (Å²) >= 11 is 1.44. The number of carboxylic acid groups (broad SMARTS) is 1. The second-order valence-corrected chi connectivity index (χ2v) is 9.47. The Balaban J connectivity index is 1.48. The number of benzene rings is 2. The van der Waals surface area contributed by atoms with Gasteiger partial charge in [-0.25, -0.2) is 4.98 Å². The van der Waals surface area contributed by atoms with Gasteiger partial charge in [-0.1, -0.05) is 19.1 Å². The lowest BCUT2D eigenvalue weighted by Gasteiger charge is -2.13. The Morgan fingerprint density at radius 3 is 2.56 bits per heavy atom. The van der Waals surface area contributed by atoms with Crippen molar-refractivity contribution in [2.45, 2.75) is 32.4 Å². The van der Waals surface area contributed by atoms with Crippen molar-refractivity contribution in [1.29, 1.82) is 0 Å². The van der Waals surface area contributed by atoms with Crippen molar-refractivity contribution >= 4 is 28.2 Å². The molecule has 0 bridgehead atoms. The number of ether oxygens (including phenoxy) is 1. The predicted molar refractivity (Wildman–Crippen MR) is 125 cm³/mol. The van der Waals surface area contributed by atoms with Crippen LogP contribution in [0.5, 0.6) is 5.75 Å². The molecule has 5 nitrogen and oxygen atoms in total. The van der Waals surface area contributed by atoms with E-state index in [-0.39, 0.29) is 12.3 Å².